The SMILES string of the molecule is CCc1ccccc1NC(=O)CCc1ccc(OC)c(C)c1. The Morgan fingerprint density at radius 2 is 1.95 bits per heavy atom. The van der Waals surface area contributed by atoms with Gasteiger partial charge in [-0.25, -0.2) is 0 Å². The normalized spacial score (nSPS) is 10.3. The molecule has 0 spiro atoms. The number of anilines is 1. The van der Waals surface area contributed by atoms with Crippen LogP contribution in [0.2, 0.25) is 0 Å². The molecule has 0 aliphatic carbocycles. The first-order chi connectivity index (χ1) is 10.6. The number of amides is 1. The van der Waals surface area contributed by atoms with Gasteiger partial charge in [0.2, 0.25) is 5.91 Å². The Bertz CT molecular complexity index is 650. The van der Waals surface area contributed by atoms with E-state index in [4.69, 9.17) is 4.74 Å². The van der Waals surface area contributed by atoms with Crippen LogP contribution < -0.4 is 10.1 Å². The van der Waals surface area contributed by atoms with Crippen LogP contribution in [0.3, 0.4) is 0 Å². The van der Waals surface area contributed by atoms with Gasteiger partial charge in [-0.05, 0) is 48.6 Å². The maximum Gasteiger partial charge on any atom is 0.224 e. The van der Waals surface area contributed by atoms with Gasteiger partial charge in [0.1, 0.15) is 5.75 Å². The molecule has 2 aromatic rings. The van der Waals surface area contributed by atoms with Crippen molar-refractivity contribution in [1.82, 2.24) is 0 Å². The van der Waals surface area contributed by atoms with Crippen LogP contribution in [-0.2, 0) is 17.6 Å². The number of hydrogen-bond donors (Lipinski definition) is 1. The van der Waals surface area contributed by atoms with Crippen molar-refractivity contribution in [3.63, 3.8) is 0 Å². The number of carbonyl (C=O) groups is 1. The van der Waals surface area contributed by atoms with Crippen LogP contribution in [0, 0.1) is 6.92 Å². The second kappa shape index (κ2) is 7.64. The van der Waals surface area contributed by atoms with Gasteiger partial charge in [0.05, 0.1) is 7.11 Å². The molecular weight excluding hydrogens is 274 g/mol. The molecule has 0 atom stereocenters. The lowest BCUT2D eigenvalue weighted by atomic mass is 10.1. The topological polar surface area (TPSA) is 38.3 Å². The molecule has 0 radical (unpaired) electrons. The standard InChI is InChI=1S/C19H23NO2/c1-4-16-7-5-6-8-17(16)20-19(21)12-10-15-9-11-18(22-3)14(2)13-15/h5-9,11,13H,4,10,12H2,1-3H3,(H,20,21). The first-order valence-corrected chi connectivity index (χ1v) is 7.65. The van der Waals surface area contributed by atoms with Gasteiger partial charge < -0.3 is 10.1 Å². The molecule has 116 valence electrons. The van der Waals surface area contributed by atoms with Gasteiger partial charge in [-0.15, -0.1) is 0 Å². The van der Waals surface area contributed by atoms with Crippen molar-refractivity contribution in [3.8, 4) is 5.75 Å². The lowest BCUT2D eigenvalue weighted by Gasteiger charge is -2.10. The summed E-state index contributed by atoms with van der Waals surface area (Å²) < 4.78 is 5.25. The first kappa shape index (κ1) is 16.1. The molecule has 2 aromatic carbocycles. The summed E-state index contributed by atoms with van der Waals surface area (Å²) >= 11 is 0. The van der Waals surface area contributed by atoms with Crippen molar-refractivity contribution in [1.29, 1.82) is 0 Å². The van der Waals surface area contributed by atoms with E-state index in [9.17, 15) is 4.79 Å². The molecule has 0 aliphatic rings. The van der Waals surface area contributed by atoms with Crippen LogP contribution >= 0.6 is 0 Å². The number of nitrogens with one attached hydrogen (secondary N) is 1. The number of hydrogen-bond acceptors (Lipinski definition) is 2. The molecule has 3 nitrogen and oxygen atoms in total. The molecule has 0 unspecified atom stereocenters. The van der Waals surface area contributed by atoms with E-state index in [0.717, 1.165) is 41.0 Å². The quantitative estimate of drug-likeness (QED) is 0.870. The maximum absolute atomic E-state index is 12.1. The van der Waals surface area contributed by atoms with Crippen LogP contribution in [0.25, 0.3) is 0 Å². The van der Waals surface area contributed by atoms with Gasteiger partial charge in [0, 0.05) is 12.1 Å². The third-order valence-corrected chi connectivity index (χ3v) is 3.77. The number of para-hydroxylation sites is 1. The molecule has 1 amide bonds. The minimum atomic E-state index is 0.0503. The zero-order valence-electron chi connectivity index (χ0n) is 13.5. The Hall–Kier alpha value is -2.29. The number of methoxy groups -OCH3 is 1. The molecule has 0 aliphatic heterocycles. The maximum atomic E-state index is 12.1. The summed E-state index contributed by atoms with van der Waals surface area (Å²) in [5.74, 6) is 0.930. The van der Waals surface area contributed by atoms with E-state index in [1.165, 1.54) is 0 Å². The van der Waals surface area contributed by atoms with Crippen molar-refractivity contribution >= 4 is 11.6 Å². The van der Waals surface area contributed by atoms with Crippen molar-refractivity contribution in [2.75, 3.05) is 12.4 Å². The minimum absolute atomic E-state index is 0.0503. The molecule has 22 heavy (non-hydrogen) atoms. The molecule has 0 saturated heterocycles. The highest BCUT2D eigenvalue weighted by Gasteiger charge is 2.07. The summed E-state index contributed by atoms with van der Waals surface area (Å²) in [4.78, 5) is 12.1. The highest BCUT2D eigenvalue weighted by Crippen LogP contribution is 2.20. The molecule has 0 aromatic heterocycles. The lowest BCUT2D eigenvalue weighted by molar-refractivity contribution is -0.116. The van der Waals surface area contributed by atoms with Gasteiger partial charge in [-0.2, -0.15) is 0 Å². The Labute approximate surface area is 132 Å². The van der Waals surface area contributed by atoms with Crippen molar-refractivity contribution in [2.24, 2.45) is 0 Å². The van der Waals surface area contributed by atoms with E-state index in [1.54, 1.807) is 7.11 Å². The predicted octanol–water partition coefficient (Wildman–Crippen LogP) is 4.14. The van der Waals surface area contributed by atoms with E-state index in [2.05, 4.69) is 18.3 Å². The van der Waals surface area contributed by atoms with Crippen LogP contribution in [0.1, 0.15) is 30.0 Å². The van der Waals surface area contributed by atoms with E-state index >= 15 is 0 Å². The smallest absolute Gasteiger partial charge is 0.224 e. The van der Waals surface area contributed by atoms with E-state index in [-0.39, 0.29) is 5.91 Å². The number of benzene rings is 2. The lowest BCUT2D eigenvalue weighted by Crippen LogP contribution is -2.13. The second-order valence-electron chi connectivity index (χ2n) is 5.36. The van der Waals surface area contributed by atoms with Crippen molar-refractivity contribution in [3.05, 3.63) is 59.2 Å². The highest BCUT2D eigenvalue weighted by molar-refractivity contribution is 5.91. The van der Waals surface area contributed by atoms with Gasteiger partial charge in [0.25, 0.3) is 0 Å². The van der Waals surface area contributed by atoms with Gasteiger partial charge in [0.15, 0.2) is 0 Å². The third-order valence-electron chi connectivity index (χ3n) is 3.77. The molecule has 3 heteroatoms. The van der Waals surface area contributed by atoms with E-state index in [1.807, 2.05) is 43.3 Å². The average molecular weight is 297 g/mol. The highest BCUT2D eigenvalue weighted by atomic mass is 16.5. The van der Waals surface area contributed by atoms with Gasteiger partial charge >= 0.3 is 0 Å². The van der Waals surface area contributed by atoms with Crippen LogP contribution in [0.5, 0.6) is 5.75 Å². The molecule has 1 N–H and O–H groups in total. The van der Waals surface area contributed by atoms with Crippen LogP contribution in [0.15, 0.2) is 42.5 Å². The predicted molar refractivity (Wildman–Crippen MR) is 90.5 cm³/mol. The summed E-state index contributed by atoms with van der Waals surface area (Å²) in [5, 5.41) is 3.01. The van der Waals surface area contributed by atoms with Gasteiger partial charge in [-0.1, -0.05) is 37.3 Å². The number of rotatable bonds is 6. The summed E-state index contributed by atoms with van der Waals surface area (Å²) in [6.45, 7) is 4.10. The summed E-state index contributed by atoms with van der Waals surface area (Å²) in [6.07, 6.45) is 2.11. The summed E-state index contributed by atoms with van der Waals surface area (Å²) in [7, 11) is 1.67. The van der Waals surface area contributed by atoms with E-state index < -0.39 is 0 Å². The number of ether oxygens (including phenoxy) is 1. The van der Waals surface area contributed by atoms with Crippen LogP contribution in [0.4, 0.5) is 5.69 Å². The largest absolute Gasteiger partial charge is 0.496 e. The molecule has 2 rings (SSSR count). The Balaban J connectivity index is 1.94. The molecule has 0 bridgehead atoms. The fraction of sp³-hybridized carbons (Fsp3) is 0.316. The van der Waals surface area contributed by atoms with Gasteiger partial charge in [-0.3, -0.25) is 4.79 Å². The zero-order chi connectivity index (χ0) is 15.9. The summed E-state index contributed by atoms with van der Waals surface area (Å²) in [5.41, 5.74) is 4.33. The first-order valence-electron chi connectivity index (χ1n) is 7.65. The fourth-order valence-corrected chi connectivity index (χ4v) is 2.52. The van der Waals surface area contributed by atoms with Crippen LogP contribution in [-0.4, -0.2) is 13.0 Å². The van der Waals surface area contributed by atoms with Crippen molar-refractivity contribution < 1.29 is 9.53 Å². The van der Waals surface area contributed by atoms with E-state index in [0.29, 0.717) is 6.42 Å². The summed E-state index contributed by atoms with van der Waals surface area (Å²) in [6, 6.07) is 14.0. The Kier molecular flexibility index (Phi) is 5.59. The molecular formula is C19H23NO2. The molecule has 0 heterocycles. The average Bonchev–Trinajstić information content (AvgIpc) is 2.53. The Morgan fingerprint density at radius 1 is 1.18 bits per heavy atom. The number of aryl methyl sites for hydroxylation is 3. The zero-order valence-corrected chi connectivity index (χ0v) is 13.5. The molecule has 0 fully saturated rings. The van der Waals surface area contributed by atoms with Crippen molar-refractivity contribution in [2.45, 2.75) is 33.1 Å². The monoisotopic (exact) mass is 297 g/mol. The number of carbonyl (C=O) groups excluding carboxylic acids is 1. The second-order valence-corrected chi connectivity index (χ2v) is 5.36. The Morgan fingerprint density at radius 3 is 2.64 bits per heavy atom. The third kappa shape index (κ3) is 4.10. The minimum Gasteiger partial charge on any atom is -0.496 e. The fourth-order valence-electron chi connectivity index (χ4n) is 2.52. The molecule has 0 saturated carbocycles.